The van der Waals surface area contributed by atoms with Crippen molar-refractivity contribution < 1.29 is 9.59 Å². The van der Waals surface area contributed by atoms with E-state index in [1.54, 1.807) is 0 Å². The van der Waals surface area contributed by atoms with Crippen LogP contribution in [0.1, 0.15) is 47.4 Å². The Labute approximate surface area is 278 Å². The molecule has 0 bridgehead atoms. The van der Waals surface area contributed by atoms with Crippen molar-refractivity contribution in [2.24, 2.45) is 0 Å². The third kappa shape index (κ3) is 6.14. The van der Waals surface area contributed by atoms with E-state index in [2.05, 4.69) is 137 Å². The summed E-state index contributed by atoms with van der Waals surface area (Å²) in [5.41, 5.74) is 6.47. The average Bonchev–Trinajstić information content (AvgIpc) is 3.35. The minimum absolute atomic E-state index is 0.420. The van der Waals surface area contributed by atoms with Crippen LogP contribution in [0.2, 0.25) is 0 Å². The normalized spacial score (nSPS) is 16.4. The Kier molecular flexibility index (Phi) is 9.17. The number of Topliss-reactive ketones (excluding diaryl/α,β-unsaturated/α-hetero) is 1. The molecule has 1 atom stereocenters. The molecule has 4 aromatic carbocycles. The van der Waals surface area contributed by atoms with Gasteiger partial charge in [0.2, 0.25) is 5.78 Å². The molecule has 2 heterocycles. The fourth-order valence-corrected chi connectivity index (χ4v) is 7.28. The van der Waals surface area contributed by atoms with Crippen molar-refractivity contribution in [3.8, 4) is 0 Å². The van der Waals surface area contributed by atoms with Crippen LogP contribution in [-0.2, 0) is 28.1 Å². The van der Waals surface area contributed by atoms with Crippen molar-refractivity contribution in [2.45, 2.75) is 43.9 Å². The molecule has 5 aromatic rings. The topological polar surface area (TPSA) is 56.8 Å². The van der Waals surface area contributed by atoms with E-state index in [1.165, 1.54) is 16.7 Å². The quantitative estimate of drug-likeness (QED) is 0.0926. The van der Waals surface area contributed by atoms with Gasteiger partial charge in [-0.1, -0.05) is 103 Å². The average molecular weight is 623 g/mol. The number of nitrogens with zero attached hydrogens (tertiary/aromatic N) is 4. The largest absolute Gasteiger partial charge is 0.346 e. The van der Waals surface area contributed by atoms with E-state index in [4.69, 9.17) is 0 Å². The first-order valence-electron chi connectivity index (χ1n) is 16.1. The third-order valence-corrected chi connectivity index (χ3v) is 9.49. The number of benzene rings is 4. The zero-order valence-corrected chi connectivity index (χ0v) is 27.6. The standard InChI is InChI=1S/C41H42N4O2/c1-40(2)39(38(47)29-46)45(30-44(40)27-31-24-25-42-36(26-31)28-43(3)4)37-22-20-35(21-23-37)41(32-14-8-5-9-15-32,33-16-10-6-11-17-33)34-18-12-7-13-19-34/h5-26,29,39H,27-28,30H2,1-4H3. The molecule has 0 saturated carbocycles. The van der Waals surface area contributed by atoms with Crippen molar-refractivity contribution in [1.82, 2.24) is 14.8 Å². The summed E-state index contributed by atoms with van der Waals surface area (Å²) in [6.07, 6.45) is 2.32. The highest BCUT2D eigenvalue weighted by Gasteiger charge is 2.50. The molecule has 6 rings (SSSR count). The molecule has 0 aliphatic carbocycles. The number of hydrogen-bond acceptors (Lipinski definition) is 6. The molecule has 1 unspecified atom stereocenters. The number of anilines is 1. The number of aromatic nitrogens is 1. The van der Waals surface area contributed by atoms with Gasteiger partial charge in [-0.25, -0.2) is 0 Å². The first-order chi connectivity index (χ1) is 22.7. The van der Waals surface area contributed by atoms with Gasteiger partial charge in [0.25, 0.3) is 0 Å². The predicted molar refractivity (Wildman–Crippen MR) is 188 cm³/mol. The van der Waals surface area contributed by atoms with E-state index in [-0.39, 0.29) is 0 Å². The molecule has 1 aromatic heterocycles. The van der Waals surface area contributed by atoms with Gasteiger partial charge in [-0.15, -0.1) is 0 Å². The van der Waals surface area contributed by atoms with Gasteiger partial charge in [0.05, 0.1) is 17.8 Å². The molecule has 6 heteroatoms. The summed E-state index contributed by atoms with van der Waals surface area (Å²) < 4.78 is 0. The molecular formula is C41H42N4O2. The molecule has 238 valence electrons. The number of aldehydes is 1. The van der Waals surface area contributed by atoms with Gasteiger partial charge in [-0.3, -0.25) is 19.5 Å². The maximum atomic E-state index is 13.3. The Bertz CT molecular complexity index is 1710. The third-order valence-electron chi connectivity index (χ3n) is 9.49. The lowest BCUT2D eigenvalue weighted by Crippen LogP contribution is -2.51. The van der Waals surface area contributed by atoms with Crippen molar-refractivity contribution in [2.75, 3.05) is 25.7 Å². The number of carbonyl (C=O) groups excluding carboxylic acids is 2. The number of pyridine rings is 1. The van der Waals surface area contributed by atoms with Crippen LogP contribution < -0.4 is 4.90 Å². The van der Waals surface area contributed by atoms with Crippen LogP contribution in [0, 0.1) is 0 Å². The minimum atomic E-state index is -0.629. The monoisotopic (exact) mass is 622 g/mol. The molecule has 0 amide bonds. The maximum absolute atomic E-state index is 13.3. The second-order valence-electron chi connectivity index (χ2n) is 13.2. The maximum Gasteiger partial charge on any atom is 0.219 e. The highest BCUT2D eigenvalue weighted by Crippen LogP contribution is 2.46. The SMILES string of the molecule is CN(C)Cc1cc(CN2CN(c3ccc(C(c4ccccc4)(c4ccccc4)c4ccccc4)cc3)C(C(=O)C=O)C2(C)C)ccn1. The minimum Gasteiger partial charge on any atom is -0.346 e. The van der Waals surface area contributed by atoms with Crippen molar-refractivity contribution in [3.05, 3.63) is 167 Å². The summed E-state index contributed by atoms with van der Waals surface area (Å²) in [6.45, 7) is 6.00. The van der Waals surface area contributed by atoms with Gasteiger partial charge in [-0.05, 0) is 80.0 Å². The number of carbonyl (C=O) groups is 2. The second-order valence-corrected chi connectivity index (χ2v) is 13.2. The summed E-state index contributed by atoms with van der Waals surface area (Å²) in [5.74, 6) is -0.420. The lowest BCUT2D eigenvalue weighted by molar-refractivity contribution is -0.131. The Morgan fingerprint density at radius 3 is 1.81 bits per heavy atom. The van der Waals surface area contributed by atoms with E-state index in [1.807, 2.05) is 44.6 Å². The van der Waals surface area contributed by atoms with E-state index >= 15 is 0 Å². The zero-order valence-electron chi connectivity index (χ0n) is 27.6. The van der Waals surface area contributed by atoms with Crippen LogP contribution >= 0.6 is 0 Å². The van der Waals surface area contributed by atoms with Crippen LogP contribution in [0.5, 0.6) is 0 Å². The Hall–Kier alpha value is -4.91. The first kappa shape index (κ1) is 32.0. The van der Waals surface area contributed by atoms with Gasteiger partial charge >= 0.3 is 0 Å². The first-order valence-corrected chi connectivity index (χ1v) is 16.1. The van der Waals surface area contributed by atoms with Crippen LogP contribution in [-0.4, -0.2) is 59.2 Å². The molecule has 0 spiro atoms. The molecule has 1 aliphatic rings. The van der Waals surface area contributed by atoms with Gasteiger partial charge < -0.3 is 9.80 Å². The number of hydrogen-bond donors (Lipinski definition) is 0. The van der Waals surface area contributed by atoms with E-state index in [0.29, 0.717) is 19.5 Å². The van der Waals surface area contributed by atoms with E-state index in [9.17, 15) is 9.59 Å². The van der Waals surface area contributed by atoms with E-state index in [0.717, 1.165) is 29.1 Å². The summed E-state index contributed by atoms with van der Waals surface area (Å²) in [5, 5.41) is 0. The summed E-state index contributed by atoms with van der Waals surface area (Å²) >= 11 is 0. The fourth-order valence-electron chi connectivity index (χ4n) is 7.28. The molecule has 1 aliphatic heterocycles. The highest BCUT2D eigenvalue weighted by molar-refractivity contribution is 6.28. The Morgan fingerprint density at radius 1 is 0.809 bits per heavy atom. The lowest BCUT2D eigenvalue weighted by Gasteiger charge is -2.37. The number of ketones is 1. The molecule has 47 heavy (non-hydrogen) atoms. The van der Waals surface area contributed by atoms with Crippen molar-refractivity contribution in [1.29, 1.82) is 0 Å². The highest BCUT2D eigenvalue weighted by atomic mass is 16.2. The molecule has 1 fully saturated rings. The Balaban J connectivity index is 1.41. The van der Waals surface area contributed by atoms with Gasteiger partial charge in [0.15, 0.2) is 6.29 Å². The molecular weight excluding hydrogens is 580 g/mol. The summed E-state index contributed by atoms with van der Waals surface area (Å²) in [6, 6.07) is 43.9. The molecule has 6 nitrogen and oxygen atoms in total. The van der Waals surface area contributed by atoms with Gasteiger partial charge in [0, 0.05) is 30.5 Å². The molecule has 0 N–H and O–H groups in total. The molecule has 1 saturated heterocycles. The Morgan fingerprint density at radius 2 is 1.32 bits per heavy atom. The summed E-state index contributed by atoms with van der Waals surface area (Å²) in [7, 11) is 4.06. The van der Waals surface area contributed by atoms with Crippen LogP contribution in [0.3, 0.4) is 0 Å². The second kappa shape index (κ2) is 13.4. The van der Waals surface area contributed by atoms with Crippen molar-refractivity contribution >= 4 is 17.8 Å². The van der Waals surface area contributed by atoms with E-state index < -0.39 is 22.8 Å². The van der Waals surface area contributed by atoms with Crippen LogP contribution in [0.4, 0.5) is 5.69 Å². The summed E-state index contributed by atoms with van der Waals surface area (Å²) in [4.78, 5) is 36.3. The fraction of sp³-hybridized carbons (Fsp3) is 0.244. The number of rotatable bonds is 11. The van der Waals surface area contributed by atoms with Gasteiger partial charge in [-0.2, -0.15) is 0 Å². The molecule has 0 radical (unpaired) electrons. The smallest absolute Gasteiger partial charge is 0.219 e. The van der Waals surface area contributed by atoms with Gasteiger partial charge in [0.1, 0.15) is 6.04 Å². The van der Waals surface area contributed by atoms with Crippen LogP contribution in [0.25, 0.3) is 0 Å². The van der Waals surface area contributed by atoms with Crippen molar-refractivity contribution in [3.63, 3.8) is 0 Å². The zero-order chi connectivity index (χ0) is 33.0. The lowest BCUT2D eigenvalue weighted by atomic mass is 9.65. The van der Waals surface area contributed by atoms with Crippen LogP contribution in [0.15, 0.2) is 134 Å². The predicted octanol–water partition coefficient (Wildman–Crippen LogP) is 6.72.